The molecule has 2 aromatic rings. The Bertz CT molecular complexity index is 967. The number of ether oxygens (including phenoxy) is 2. The molecule has 0 fully saturated rings. The summed E-state index contributed by atoms with van der Waals surface area (Å²) in [7, 11) is 2.93. The number of hydrogen-bond acceptors (Lipinski definition) is 5. The standard InChI is InChI=1S/C21H23F2N3O3/c1-5-13(12-24)15(7-6-10-27)19-18(20(26-25-19)21(2,22)23)14-8-9-16(28-3)17(11-14)29-4/h6-9,11,27H,5,10H2,1-4H3,(H,25,26)/b7-6-,15-13-. The smallest absolute Gasteiger partial charge is 0.289 e. The Morgan fingerprint density at radius 3 is 2.52 bits per heavy atom. The van der Waals surface area contributed by atoms with E-state index in [1.54, 1.807) is 25.1 Å². The number of nitrogens with one attached hydrogen (secondary N) is 1. The molecule has 2 N–H and O–H groups in total. The molecule has 154 valence electrons. The summed E-state index contributed by atoms with van der Waals surface area (Å²) in [6.45, 7) is 2.28. The van der Waals surface area contributed by atoms with E-state index in [1.165, 1.54) is 26.4 Å². The molecule has 0 aliphatic heterocycles. The van der Waals surface area contributed by atoms with E-state index in [2.05, 4.69) is 16.3 Å². The molecule has 1 heterocycles. The summed E-state index contributed by atoms with van der Waals surface area (Å²) in [5, 5.41) is 25.2. The molecule has 29 heavy (non-hydrogen) atoms. The summed E-state index contributed by atoms with van der Waals surface area (Å²) in [6.07, 6.45) is 3.34. The second kappa shape index (κ2) is 9.34. The van der Waals surface area contributed by atoms with Gasteiger partial charge < -0.3 is 14.6 Å². The molecule has 6 nitrogen and oxygen atoms in total. The van der Waals surface area contributed by atoms with Gasteiger partial charge in [0.15, 0.2) is 11.5 Å². The summed E-state index contributed by atoms with van der Waals surface area (Å²) in [6, 6.07) is 6.90. The lowest BCUT2D eigenvalue weighted by Gasteiger charge is -2.14. The van der Waals surface area contributed by atoms with E-state index in [-0.39, 0.29) is 17.9 Å². The van der Waals surface area contributed by atoms with Crippen LogP contribution in [0.25, 0.3) is 16.7 Å². The second-order valence-electron chi connectivity index (χ2n) is 6.22. The molecule has 0 aliphatic carbocycles. The number of nitriles is 1. The molecule has 1 aromatic carbocycles. The fraction of sp³-hybridized carbons (Fsp3) is 0.333. The quantitative estimate of drug-likeness (QED) is 0.502. The van der Waals surface area contributed by atoms with Crippen molar-refractivity contribution in [3.8, 4) is 28.7 Å². The van der Waals surface area contributed by atoms with Gasteiger partial charge in [-0.1, -0.05) is 25.1 Å². The molecule has 0 spiro atoms. The van der Waals surface area contributed by atoms with E-state index in [0.29, 0.717) is 34.6 Å². The van der Waals surface area contributed by atoms with Gasteiger partial charge in [0.1, 0.15) is 5.69 Å². The summed E-state index contributed by atoms with van der Waals surface area (Å²) >= 11 is 0. The molecule has 0 radical (unpaired) electrons. The van der Waals surface area contributed by atoms with Crippen LogP contribution in [0.15, 0.2) is 35.9 Å². The van der Waals surface area contributed by atoms with Gasteiger partial charge in [-0.25, -0.2) is 0 Å². The lowest BCUT2D eigenvalue weighted by Crippen LogP contribution is -2.09. The van der Waals surface area contributed by atoms with Gasteiger partial charge in [0, 0.05) is 23.6 Å². The number of halogens is 2. The Kier molecular flexibility index (Phi) is 7.13. The zero-order valence-corrected chi connectivity index (χ0v) is 16.7. The minimum atomic E-state index is -3.23. The van der Waals surface area contributed by atoms with Crippen molar-refractivity contribution in [3.63, 3.8) is 0 Å². The summed E-state index contributed by atoms with van der Waals surface area (Å²) in [5.74, 6) is -2.41. The van der Waals surface area contributed by atoms with Crippen LogP contribution >= 0.6 is 0 Å². The normalized spacial score (nSPS) is 12.6. The Labute approximate surface area is 168 Å². The lowest BCUT2D eigenvalue weighted by atomic mass is 9.93. The average molecular weight is 403 g/mol. The number of H-pyrrole nitrogens is 1. The fourth-order valence-corrected chi connectivity index (χ4v) is 2.96. The van der Waals surface area contributed by atoms with E-state index < -0.39 is 11.6 Å². The monoisotopic (exact) mass is 403 g/mol. The van der Waals surface area contributed by atoms with Crippen LogP contribution in [0.5, 0.6) is 11.5 Å². The van der Waals surface area contributed by atoms with Crippen LogP contribution in [0.3, 0.4) is 0 Å². The van der Waals surface area contributed by atoms with Crippen molar-refractivity contribution in [2.75, 3.05) is 20.8 Å². The molecule has 0 amide bonds. The van der Waals surface area contributed by atoms with E-state index in [9.17, 15) is 14.0 Å². The molecule has 2 rings (SSSR count). The highest BCUT2D eigenvalue weighted by atomic mass is 19.3. The first-order valence-electron chi connectivity index (χ1n) is 8.92. The first kappa shape index (κ1) is 22.1. The predicted octanol–water partition coefficient (Wildman–Crippen LogP) is 4.44. The molecule has 0 atom stereocenters. The van der Waals surface area contributed by atoms with Gasteiger partial charge in [-0.05, 0) is 24.1 Å². The average Bonchev–Trinajstić information content (AvgIpc) is 3.15. The number of alkyl halides is 2. The van der Waals surface area contributed by atoms with Crippen LogP contribution in [0.4, 0.5) is 8.78 Å². The Morgan fingerprint density at radius 1 is 1.31 bits per heavy atom. The first-order chi connectivity index (χ1) is 13.8. The third-order valence-corrected chi connectivity index (χ3v) is 4.33. The van der Waals surface area contributed by atoms with Crippen LogP contribution in [-0.4, -0.2) is 36.1 Å². The molecular formula is C21H23F2N3O3. The van der Waals surface area contributed by atoms with Crippen molar-refractivity contribution in [1.29, 1.82) is 5.26 Å². The largest absolute Gasteiger partial charge is 0.493 e. The van der Waals surface area contributed by atoms with Crippen molar-refractivity contribution in [2.45, 2.75) is 26.2 Å². The molecule has 1 aromatic heterocycles. The summed E-state index contributed by atoms with van der Waals surface area (Å²) in [4.78, 5) is 0. The number of aliphatic hydroxyl groups is 1. The van der Waals surface area contributed by atoms with Crippen molar-refractivity contribution < 1.29 is 23.4 Å². The minimum Gasteiger partial charge on any atom is -0.493 e. The Hall–Kier alpha value is -3.18. The Morgan fingerprint density at radius 2 is 2.00 bits per heavy atom. The van der Waals surface area contributed by atoms with Gasteiger partial charge in [0.25, 0.3) is 5.92 Å². The van der Waals surface area contributed by atoms with Gasteiger partial charge in [-0.2, -0.15) is 19.1 Å². The molecule has 0 saturated heterocycles. The molecular weight excluding hydrogens is 380 g/mol. The lowest BCUT2D eigenvalue weighted by molar-refractivity contribution is 0.0133. The van der Waals surface area contributed by atoms with Gasteiger partial charge in [-0.15, -0.1) is 0 Å². The maximum Gasteiger partial charge on any atom is 0.289 e. The third-order valence-electron chi connectivity index (χ3n) is 4.33. The van der Waals surface area contributed by atoms with Crippen molar-refractivity contribution in [1.82, 2.24) is 10.2 Å². The van der Waals surface area contributed by atoms with Crippen LogP contribution in [0.1, 0.15) is 31.7 Å². The molecule has 0 unspecified atom stereocenters. The second-order valence-corrected chi connectivity index (χ2v) is 6.22. The zero-order valence-electron chi connectivity index (χ0n) is 16.7. The number of methoxy groups -OCH3 is 2. The summed E-state index contributed by atoms with van der Waals surface area (Å²) < 4.78 is 39.2. The van der Waals surface area contributed by atoms with Crippen LogP contribution in [0, 0.1) is 11.3 Å². The number of benzene rings is 1. The van der Waals surface area contributed by atoms with E-state index in [0.717, 1.165) is 6.92 Å². The highest BCUT2D eigenvalue weighted by molar-refractivity contribution is 5.88. The fourth-order valence-electron chi connectivity index (χ4n) is 2.96. The number of hydrogen-bond donors (Lipinski definition) is 2. The number of nitrogens with zero attached hydrogens (tertiary/aromatic N) is 2. The third kappa shape index (κ3) is 4.63. The summed E-state index contributed by atoms with van der Waals surface area (Å²) in [5.41, 5.74) is 1.13. The molecule has 0 saturated carbocycles. The number of aliphatic hydroxyl groups excluding tert-OH is 1. The molecule has 8 heteroatoms. The molecule has 0 bridgehead atoms. The molecule has 0 aliphatic rings. The van der Waals surface area contributed by atoms with E-state index in [1.807, 2.05) is 0 Å². The van der Waals surface area contributed by atoms with E-state index in [4.69, 9.17) is 14.6 Å². The topological polar surface area (TPSA) is 91.2 Å². The SMILES string of the molecule is CC/C(C#N)=C(\C=C/CO)c1[nH]nc(C(C)(F)F)c1-c1ccc(OC)c(OC)c1. The van der Waals surface area contributed by atoms with Crippen molar-refractivity contribution in [2.24, 2.45) is 0 Å². The maximum absolute atomic E-state index is 14.3. The van der Waals surface area contributed by atoms with E-state index >= 15 is 0 Å². The van der Waals surface area contributed by atoms with Gasteiger partial charge in [0.05, 0.1) is 32.6 Å². The van der Waals surface area contributed by atoms with Crippen LogP contribution in [-0.2, 0) is 5.92 Å². The van der Waals surface area contributed by atoms with Gasteiger partial charge in [0.2, 0.25) is 0 Å². The van der Waals surface area contributed by atoms with Gasteiger partial charge >= 0.3 is 0 Å². The van der Waals surface area contributed by atoms with Gasteiger partial charge in [-0.3, -0.25) is 5.10 Å². The Balaban J connectivity index is 2.87. The van der Waals surface area contributed by atoms with Crippen molar-refractivity contribution >= 4 is 5.57 Å². The van der Waals surface area contributed by atoms with Crippen LogP contribution in [0.2, 0.25) is 0 Å². The number of allylic oxidation sites excluding steroid dienone is 3. The highest BCUT2D eigenvalue weighted by Gasteiger charge is 2.34. The predicted molar refractivity (Wildman–Crippen MR) is 106 cm³/mol. The number of aromatic amines is 1. The first-order valence-corrected chi connectivity index (χ1v) is 8.92. The minimum absolute atomic E-state index is 0.150. The number of aromatic nitrogens is 2. The highest BCUT2D eigenvalue weighted by Crippen LogP contribution is 2.42. The number of rotatable bonds is 8. The zero-order chi connectivity index (χ0) is 21.6. The maximum atomic E-state index is 14.3. The van der Waals surface area contributed by atoms with Crippen molar-refractivity contribution in [3.05, 3.63) is 47.3 Å². The van der Waals surface area contributed by atoms with Crippen LogP contribution < -0.4 is 9.47 Å².